The van der Waals surface area contributed by atoms with Crippen LogP contribution in [-0.2, 0) is 0 Å². The van der Waals surface area contributed by atoms with E-state index in [0.717, 1.165) is 44.6 Å². The van der Waals surface area contributed by atoms with Crippen LogP contribution in [0, 0.1) is 0 Å². The number of benzene rings is 8. The second kappa shape index (κ2) is 13.8. The first-order chi connectivity index (χ1) is 25.8. The van der Waals surface area contributed by atoms with E-state index in [1.165, 1.54) is 39.0 Å². The minimum atomic E-state index is 0.878. The van der Waals surface area contributed by atoms with Gasteiger partial charge in [0.1, 0.15) is 11.2 Å². The Hall–Kier alpha value is -6.90. The molecule has 8 aromatic carbocycles. The Kier molecular flexibility index (Phi) is 8.24. The minimum Gasteiger partial charge on any atom is -0.456 e. The van der Waals surface area contributed by atoms with Gasteiger partial charge in [-0.15, -0.1) is 0 Å². The Morgan fingerprint density at radius 2 is 0.712 bits per heavy atom. The van der Waals surface area contributed by atoms with E-state index in [2.05, 4.69) is 205 Å². The van der Waals surface area contributed by atoms with Gasteiger partial charge in [0.15, 0.2) is 0 Å². The number of para-hydroxylation sites is 2. The van der Waals surface area contributed by atoms with Gasteiger partial charge >= 0.3 is 0 Å². The number of hydrogen-bond acceptors (Lipinski definition) is 2. The van der Waals surface area contributed by atoms with E-state index in [1.54, 1.807) is 0 Å². The lowest BCUT2D eigenvalue weighted by Gasteiger charge is -2.25. The van der Waals surface area contributed by atoms with E-state index in [-0.39, 0.29) is 0 Å². The van der Waals surface area contributed by atoms with Gasteiger partial charge in [-0.25, -0.2) is 0 Å². The molecule has 1 heterocycles. The molecular formula is C50H35NO. The predicted molar refractivity (Wildman–Crippen MR) is 218 cm³/mol. The Morgan fingerprint density at radius 1 is 0.308 bits per heavy atom. The lowest BCUT2D eigenvalue weighted by molar-refractivity contribution is 0.669. The van der Waals surface area contributed by atoms with E-state index < -0.39 is 0 Å². The summed E-state index contributed by atoms with van der Waals surface area (Å²) in [6.07, 6.45) is 0. The van der Waals surface area contributed by atoms with Crippen LogP contribution in [0.15, 0.2) is 217 Å². The first kappa shape index (κ1) is 31.1. The van der Waals surface area contributed by atoms with Gasteiger partial charge in [-0.05, 0) is 87.0 Å². The van der Waals surface area contributed by atoms with Crippen LogP contribution in [0.2, 0.25) is 0 Å². The molecule has 0 saturated carbocycles. The van der Waals surface area contributed by atoms with E-state index in [9.17, 15) is 0 Å². The average molecular weight is 666 g/mol. The predicted octanol–water partition coefficient (Wildman–Crippen LogP) is 13.7. The molecule has 0 fully saturated rings. The fourth-order valence-corrected chi connectivity index (χ4v) is 7.24. The Balaban J connectivity index is 1.10. The Morgan fingerprint density at radius 3 is 1.27 bits per heavy atom. The zero-order chi connectivity index (χ0) is 34.7. The summed E-state index contributed by atoms with van der Waals surface area (Å²) >= 11 is 0. The van der Waals surface area contributed by atoms with Crippen LogP contribution in [0.4, 0.5) is 17.1 Å². The van der Waals surface area contributed by atoms with Crippen molar-refractivity contribution < 1.29 is 4.42 Å². The Labute approximate surface area is 304 Å². The summed E-state index contributed by atoms with van der Waals surface area (Å²) < 4.78 is 6.28. The molecule has 0 bridgehead atoms. The molecule has 1 aromatic heterocycles. The molecule has 9 aromatic rings. The van der Waals surface area contributed by atoms with Crippen LogP contribution < -0.4 is 4.90 Å². The van der Waals surface area contributed by atoms with E-state index in [4.69, 9.17) is 4.42 Å². The molecule has 0 saturated heterocycles. The van der Waals surface area contributed by atoms with Gasteiger partial charge < -0.3 is 9.32 Å². The maximum atomic E-state index is 6.28. The van der Waals surface area contributed by atoms with Crippen LogP contribution in [0.5, 0.6) is 0 Å². The molecule has 52 heavy (non-hydrogen) atoms. The zero-order valence-electron chi connectivity index (χ0n) is 28.6. The second-order valence-electron chi connectivity index (χ2n) is 12.9. The highest BCUT2D eigenvalue weighted by Gasteiger charge is 2.18. The van der Waals surface area contributed by atoms with Crippen LogP contribution in [0.3, 0.4) is 0 Å². The average Bonchev–Trinajstić information content (AvgIpc) is 3.60. The third-order valence-corrected chi connectivity index (χ3v) is 9.70. The molecule has 0 aliphatic carbocycles. The summed E-state index contributed by atoms with van der Waals surface area (Å²) in [4.78, 5) is 2.28. The van der Waals surface area contributed by atoms with Gasteiger partial charge in [-0.3, -0.25) is 0 Å². The maximum Gasteiger partial charge on any atom is 0.137 e. The van der Waals surface area contributed by atoms with Crippen molar-refractivity contribution in [2.75, 3.05) is 4.90 Å². The molecule has 2 nitrogen and oxygen atoms in total. The number of fused-ring (bicyclic) bond motifs is 3. The van der Waals surface area contributed by atoms with Crippen LogP contribution in [0.1, 0.15) is 22.3 Å². The summed E-state index contributed by atoms with van der Waals surface area (Å²) in [6, 6.07) is 75.2. The highest BCUT2D eigenvalue weighted by Crippen LogP contribution is 2.40. The van der Waals surface area contributed by atoms with Crippen LogP contribution >= 0.6 is 0 Å². The summed E-state index contributed by atoms with van der Waals surface area (Å²) in [5, 5.41) is 2.25. The number of hydrogen-bond donors (Lipinski definition) is 0. The lowest BCUT2D eigenvalue weighted by Crippen LogP contribution is -2.09. The highest BCUT2D eigenvalue weighted by molar-refractivity contribution is 6.06. The molecule has 0 atom stereocenters. The molecule has 0 spiro atoms. The number of rotatable bonds is 8. The topological polar surface area (TPSA) is 16.4 Å². The summed E-state index contributed by atoms with van der Waals surface area (Å²) in [7, 11) is 0. The van der Waals surface area contributed by atoms with E-state index >= 15 is 0 Å². The second-order valence-corrected chi connectivity index (χ2v) is 12.9. The largest absolute Gasteiger partial charge is 0.456 e. The number of furan rings is 1. The van der Waals surface area contributed by atoms with Gasteiger partial charge in [0.2, 0.25) is 0 Å². The SMILES string of the molecule is c1ccc(C(=C(c2ccccc2)c2ccc(-c3ccc(N(c4ccccc4)c4ccc5c(c4)oc4ccccc45)cc3)cc2)c2ccccc2)cc1. The first-order valence-electron chi connectivity index (χ1n) is 17.7. The highest BCUT2D eigenvalue weighted by atomic mass is 16.3. The van der Waals surface area contributed by atoms with Gasteiger partial charge in [0, 0.05) is 33.9 Å². The quantitative estimate of drug-likeness (QED) is 0.150. The minimum absolute atomic E-state index is 0.878. The lowest BCUT2D eigenvalue weighted by atomic mass is 9.85. The van der Waals surface area contributed by atoms with Gasteiger partial charge in [0.25, 0.3) is 0 Å². The van der Waals surface area contributed by atoms with Crippen molar-refractivity contribution in [1.82, 2.24) is 0 Å². The van der Waals surface area contributed by atoms with Crippen molar-refractivity contribution in [2.45, 2.75) is 0 Å². The van der Waals surface area contributed by atoms with Crippen molar-refractivity contribution in [3.63, 3.8) is 0 Å². The molecule has 9 rings (SSSR count). The first-order valence-corrected chi connectivity index (χ1v) is 17.7. The maximum absolute atomic E-state index is 6.28. The van der Waals surface area contributed by atoms with Crippen molar-refractivity contribution in [2.24, 2.45) is 0 Å². The molecule has 0 amide bonds. The smallest absolute Gasteiger partial charge is 0.137 e. The third-order valence-electron chi connectivity index (χ3n) is 9.70. The summed E-state index contributed by atoms with van der Waals surface area (Å²) in [5.74, 6) is 0. The van der Waals surface area contributed by atoms with Crippen molar-refractivity contribution in [3.05, 3.63) is 235 Å². The molecule has 2 heteroatoms. The standard InChI is InChI=1S/C50H35NO/c1-5-15-38(16-6-1)49(39-17-7-2-8-18-39)50(40-19-9-3-10-20-40)41-27-25-36(26-28-41)37-29-31-43(32-30-37)51(42-21-11-4-12-22-42)44-33-34-46-45-23-13-14-24-47(45)52-48(46)35-44/h1-35H. The fourth-order valence-electron chi connectivity index (χ4n) is 7.24. The summed E-state index contributed by atoms with van der Waals surface area (Å²) in [6.45, 7) is 0. The normalized spacial score (nSPS) is 11.1. The molecule has 0 aliphatic rings. The van der Waals surface area contributed by atoms with Gasteiger partial charge in [-0.1, -0.05) is 164 Å². The van der Waals surface area contributed by atoms with E-state index in [1.807, 2.05) is 12.1 Å². The summed E-state index contributed by atoms with van der Waals surface area (Å²) in [5.41, 5.74) is 14.5. The molecular weight excluding hydrogens is 631 g/mol. The van der Waals surface area contributed by atoms with Crippen molar-refractivity contribution >= 4 is 50.1 Å². The monoisotopic (exact) mass is 665 g/mol. The van der Waals surface area contributed by atoms with Crippen molar-refractivity contribution in [3.8, 4) is 11.1 Å². The molecule has 0 aliphatic heterocycles. The third kappa shape index (κ3) is 5.97. The van der Waals surface area contributed by atoms with Crippen molar-refractivity contribution in [1.29, 1.82) is 0 Å². The number of nitrogens with zero attached hydrogens (tertiary/aromatic N) is 1. The van der Waals surface area contributed by atoms with Gasteiger partial charge in [-0.2, -0.15) is 0 Å². The molecule has 0 radical (unpaired) electrons. The van der Waals surface area contributed by atoms with E-state index in [0.29, 0.717) is 0 Å². The molecule has 0 unspecified atom stereocenters. The van der Waals surface area contributed by atoms with Gasteiger partial charge in [0.05, 0.1) is 0 Å². The fraction of sp³-hybridized carbons (Fsp3) is 0. The Bertz CT molecular complexity index is 2580. The van der Waals surface area contributed by atoms with Crippen LogP contribution in [0.25, 0.3) is 44.2 Å². The molecule has 0 N–H and O–H groups in total. The number of anilines is 3. The zero-order valence-corrected chi connectivity index (χ0v) is 28.6. The van der Waals surface area contributed by atoms with Crippen LogP contribution in [-0.4, -0.2) is 0 Å². The molecule has 246 valence electrons.